The van der Waals surface area contributed by atoms with E-state index in [0.29, 0.717) is 36.9 Å². The quantitative estimate of drug-likeness (QED) is 0.529. The number of ether oxygens (including phenoxy) is 2. The van der Waals surface area contributed by atoms with E-state index in [2.05, 4.69) is 42.8 Å². The summed E-state index contributed by atoms with van der Waals surface area (Å²) in [6.07, 6.45) is 3.61. The Morgan fingerprint density at radius 2 is 1.88 bits per heavy atom. The number of fused-ring (bicyclic) bond motifs is 3. The maximum Gasteiger partial charge on any atom is 0.231 e. The van der Waals surface area contributed by atoms with Crippen LogP contribution in [0.4, 0.5) is 0 Å². The van der Waals surface area contributed by atoms with E-state index in [1.165, 1.54) is 5.56 Å². The highest BCUT2D eigenvalue weighted by Crippen LogP contribution is 2.42. The highest BCUT2D eigenvalue weighted by Gasteiger charge is 2.33. The zero-order chi connectivity index (χ0) is 22.3. The summed E-state index contributed by atoms with van der Waals surface area (Å²) >= 11 is 0. The number of Topliss-reactive ketones (excluding diaryl/α,β-unsaturated/α-hetero) is 1. The van der Waals surface area contributed by atoms with Gasteiger partial charge in [0, 0.05) is 19.3 Å². The fourth-order valence-corrected chi connectivity index (χ4v) is 4.06. The van der Waals surface area contributed by atoms with Crippen LogP contribution in [0.5, 0.6) is 11.5 Å². The van der Waals surface area contributed by atoms with Gasteiger partial charge in [-0.25, -0.2) is 0 Å². The Morgan fingerprint density at radius 1 is 1.06 bits per heavy atom. The SMILES string of the molecule is CC(C)(C)c1ccc(/C=C2\Oc3c(ccc4c3CN(Cc3ccccn3)CO4)C2=O)cc1. The highest BCUT2D eigenvalue weighted by atomic mass is 16.5. The van der Waals surface area contributed by atoms with Crippen LogP contribution in [0.1, 0.15) is 53.5 Å². The normalized spacial score (nSPS) is 17.0. The molecule has 0 saturated heterocycles. The molecule has 2 aliphatic heterocycles. The molecule has 3 heterocycles. The van der Waals surface area contributed by atoms with E-state index in [1.54, 1.807) is 12.3 Å². The fourth-order valence-electron chi connectivity index (χ4n) is 4.06. The van der Waals surface area contributed by atoms with Gasteiger partial charge in [-0.15, -0.1) is 0 Å². The second-order valence-electron chi connectivity index (χ2n) is 9.31. The van der Waals surface area contributed by atoms with Crippen LogP contribution >= 0.6 is 0 Å². The lowest BCUT2D eigenvalue weighted by molar-refractivity contribution is 0.0861. The van der Waals surface area contributed by atoms with Crippen LogP contribution in [-0.2, 0) is 18.5 Å². The molecule has 0 bridgehead atoms. The molecule has 0 spiro atoms. The molecule has 0 N–H and O–H groups in total. The Hall–Kier alpha value is -3.44. The maximum absolute atomic E-state index is 13.0. The van der Waals surface area contributed by atoms with Gasteiger partial charge in [-0.3, -0.25) is 14.7 Å². The molecule has 5 nitrogen and oxygen atoms in total. The third-order valence-corrected chi connectivity index (χ3v) is 5.87. The van der Waals surface area contributed by atoms with Crippen molar-refractivity contribution >= 4 is 11.9 Å². The number of benzene rings is 2. The first kappa shape index (κ1) is 20.5. The fraction of sp³-hybridized carbons (Fsp3) is 0.259. The van der Waals surface area contributed by atoms with Crippen LogP contribution < -0.4 is 9.47 Å². The van der Waals surface area contributed by atoms with Gasteiger partial charge in [-0.2, -0.15) is 0 Å². The van der Waals surface area contributed by atoms with Crippen LogP contribution in [0, 0.1) is 0 Å². The van der Waals surface area contributed by atoms with Crippen molar-refractivity contribution in [1.82, 2.24) is 9.88 Å². The molecule has 2 aromatic carbocycles. The molecule has 0 aliphatic carbocycles. The Bertz CT molecular complexity index is 1190. The molecule has 5 rings (SSSR count). The molecule has 0 saturated carbocycles. The van der Waals surface area contributed by atoms with Crippen molar-refractivity contribution in [3.05, 3.63) is 94.5 Å². The Kier molecular flexibility index (Phi) is 5.06. The summed E-state index contributed by atoms with van der Waals surface area (Å²) < 4.78 is 12.1. The number of hydrogen-bond donors (Lipinski definition) is 0. The number of carbonyl (C=O) groups is 1. The van der Waals surface area contributed by atoms with Crippen molar-refractivity contribution in [2.75, 3.05) is 6.73 Å². The lowest BCUT2D eigenvalue weighted by atomic mass is 9.86. The summed E-state index contributed by atoms with van der Waals surface area (Å²) in [5, 5.41) is 0. The smallest absolute Gasteiger partial charge is 0.231 e. The van der Waals surface area contributed by atoms with E-state index in [-0.39, 0.29) is 11.2 Å². The number of ketones is 1. The van der Waals surface area contributed by atoms with E-state index >= 15 is 0 Å². The number of hydrogen-bond acceptors (Lipinski definition) is 5. The predicted octanol–water partition coefficient (Wildman–Crippen LogP) is 5.35. The second-order valence-corrected chi connectivity index (χ2v) is 9.31. The van der Waals surface area contributed by atoms with Gasteiger partial charge in [0.15, 0.2) is 5.76 Å². The van der Waals surface area contributed by atoms with Gasteiger partial charge in [-0.05, 0) is 46.9 Å². The number of aromatic nitrogens is 1. The first-order valence-corrected chi connectivity index (χ1v) is 10.8. The largest absolute Gasteiger partial charge is 0.478 e. The topological polar surface area (TPSA) is 51.7 Å². The Balaban J connectivity index is 1.40. The van der Waals surface area contributed by atoms with Crippen LogP contribution in [0.3, 0.4) is 0 Å². The minimum Gasteiger partial charge on any atom is -0.478 e. The first-order chi connectivity index (χ1) is 15.4. The van der Waals surface area contributed by atoms with Gasteiger partial charge < -0.3 is 9.47 Å². The zero-order valence-electron chi connectivity index (χ0n) is 18.6. The molecule has 0 fully saturated rings. The highest BCUT2D eigenvalue weighted by molar-refractivity contribution is 6.15. The van der Waals surface area contributed by atoms with Gasteiger partial charge in [0.25, 0.3) is 0 Å². The summed E-state index contributed by atoms with van der Waals surface area (Å²) in [6, 6.07) is 17.8. The number of carbonyl (C=O) groups excluding carboxylic acids is 1. The number of pyridine rings is 1. The number of allylic oxidation sites excluding steroid dienone is 1. The zero-order valence-corrected chi connectivity index (χ0v) is 18.6. The third kappa shape index (κ3) is 3.92. The van der Waals surface area contributed by atoms with E-state index in [0.717, 1.165) is 22.6 Å². The molecule has 0 radical (unpaired) electrons. The monoisotopic (exact) mass is 426 g/mol. The minimum absolute atomic E-state index is 0.0851. The lowest BCUT2D eigenvalue weighted by Crippen LogP contribution is -2.32. The Morgan fingerprint density at radius 3 is 2.59 bits per heavy atom. The van der Waals surface area contributed by atoms with E-state index < -0.39 is 0 Å². The summed E-state index contributed by atoms with van der Waals surface area (Å²) in [5.74, 6) is 1.63. The maximum atomic E-state index is 13.0. The summed E-state index contributed by atoms with van der Waals surface area (Å²) in [4.78, 5) is 19.6. The Labute approximate surface area is 188 Å². The average molecular weight is 427 g/mol. The third-order valence-electron chi connectivity index (χ3n) is 5.87. The van der Waals surface area contributed by atoms with Crippen molar-refractivity contribution in [1.29, 1.82) is 0 Å². The molecule has 162 valence electrons. The van der Waals surface area contributed by atoms with E-state index in [1.807, 2.05) is 42.5 Å². The van der Waals surface area contributed by atoms with Crippen LogP contribution in [0.25, 0.3) is 6.08 Å². The van der Waals surface area contributed by atoms with Crippen LogP contribution in [0.2, 0.25) is 0 Å². The molecule has 5 heteroatoms. The van der Waals surface area contributed by atoms with Crippen LogP contribution in [-0.4, -0.2) is 22.4 Å². The number of rotatable bonds is 3. The molecule has 0 amide bonds. The molecular formula is C27H26N2O3. The summed E-state index contributed by atoms with van der Waals surface area (Å²) in [6.45, 7) is 8.32. The summed E-state index contributed by atoms with van der Waals surface area (Å²) in [5.41, 5.74) is 4.75. The molecule has 1 aromatic heterocycles. The van der Waals surface area contributed by atoms with Gasteiger partial charge in [0.1, 0.15) is 18.2 Å². The second kappa shape index (κ2) is 7.92. The molecule has 32 heavy (non-hydrogen) atoms. The average Bonchev–Trinajstić information content (AvgIpc) is 3.10. The van der Waals surface area contributed by atoms with Gasteiger partial charge in [0.2, 0.25) is 5.78 Å². The van der Waals surface area contributed by atoms with Crippen molar-refractivity contribution in [3.63, 3.8) is 0 Å². The lowest BCUT2D eigenvalue weighted by Gasteiger charge is -2.29. The van der Waals surface area contributed by atoms with Crippen molar-refractivity contribution in [2.45, 2.75) is 39.3 Å². The standard InChI is InChI=1S/C27H26N2O3/c1-27(2,3)19-9-7-18(8-10-19)14-24-25(30)21-11-12-23-22(26(21)32-24)16-29(17-31-23)15-20-6-4-5-13-28-20/h4-14H,15-17H2,1-3H3/b24-14-. The molecule has 0 unspecified atom stereocenters. The molecule has 2 aliphatic rings. The molecule has 3 aromatic rings. The first-order valence-electron chi connectivity index (χ1n) is 10.8. The van der Waals surface area contributed by atoms with E-state index in [9.17, 15) is 4.79 Å². The van der Waals surface area contributed by atoms with Gasteiger partial charge in [0.05, 0.1) is 16.8 Å². The molecular weight excluding hydrogens is 400 g/mol. The minimum atomic E-state index is -0.0930. The predicted molar refractivity (Wildman–Crippen MR) is 123 cm³/mol. The van der Waals surface area contributed by atoms with E-state index in [4.69, 9.17) is 9.47 Å². The van der Waals surface area contributed by atoms with Gasteiger partial charge in [-0.1, -0.05) is 51.1 Å². The molecule has 0 atom stereocenters. The number of nitrogens with zero attached hydrogens (tertiary/aromatic N) is 2. The van der Waals surface area contributed by atoms with Crippen molar-refractivity contribution in [2.24, 2.45) is 0 Å². The van der Waals surface area contributed by atoms with Crippen molar-refractivity contribution < 1.29 is 14.3 Å². The van der Waals surface area contributed by atoms with Gasteiger partial charge >= 0.3 is 0 Å². The van der Waals surface area contributed by atoms with Crippen molar-refractivity contribution in [3.8, 4) is 11.5 Å². The summed E-state index contributed by atoms with van der Waals surface area (Å²) in [7, 11) is 0. The van der Waals surface area contributed by atoms with Crippen LogP contribution in [0.15, 0.2) is 66.6 Å².